The Hall–Kier alpha value is -4.56. The standard InChI is InChI=1S/C29H27N7O/c1-20-10-12-23(13-11-20)31-27-32-28(34-29(33-27)36-14-16-37-17-15-36)35-30-19-26-24-8-4-2-6-21(24)18-22-7-3-5-9-25(22)26/h2-13,18-19H,14-17H2,1H3,(H2,31,32,33,34,35)/b30-19-. The van der Waals surface area contributed by atoms with Crippen molar-refractivity contribution in [1.82, 2.24) is 15.0 Å². The van der Waals surface area contributed by atoms with Crippen molar-refractivity contribution in [3.8, 4) is 0 Å². The van der Waals surface area contributed by atoms with Crippen LogP contribution in [0.4, 0.5) is 23.5 Å². The van der Waals surface area contributed by atoms with E-state index in [2.05, 4.69) is 85.1 Å². The molecular weight excluding hydrogens is 462 g/mol. The summed E-state index contributed by atoms with van der Waals surface area (Å²) in [5.74, 6) is 1.40. The number of hydrogen-bond donors (Lipinski definition) is 2. The molecule has 0 amide bonds. The largest absolute Gasteiger partial charge is 0.378 e. The lowest BCUT2D eigenvalue weighted by molar-refractivity contribution is 0.122. The first-order valence-corrected chi connectivity index (χ1v) is 12.3. The molecule has 0 radical (unpaired) electrons. The molecule has 0 saturated carbocycles. The zero-order chi connectivity index (χ0) is 25.0. The molecule has 1 saturated heterocycles. The van der Waals surface area contributed by atoms with Crippen LogP contribution in [0.25, 0.3) is 21.5 Å². The van der Waals surface area contributed by atoms with Gasteiger partial charge in [0.2, 0.25) is 17.8 Å². The van der Waals surface area contributed by atoms with E-state index >= 15 is 0 Å². The van der Waals surface area contributed by atoms with E-state index in [1.54, 1.807) is 0 Å². The van der Waals surface area contributed by atoms with E-state index in [0.717, 1.165) is 35.1 Å². The maximum absolute atomic E-state index is 5.51. The average Bonchev–Trinajstić information content (AvgIpc) is 2.94. The first-order chi connectivity index (χ1) is 18.2. The molecule has 4 aromatic carbocycles. The Morgan fingerprint density at radius 1 is 0.811 bits per heavy atom. The smallest absolute Gasteiger partial charge is 0.250 e. The van der Waals surface area contributed by atoms with Crippen LogP contribution in [0.5, 0.6) is 0 Å². The van der Waals surface area contributed by atoms with Crippen LogP contribution in [0.3, 0.4) is 0 Å². The highest BCUT2D eigenvalue weighted by Gasteiger charge is 2.17. The van der Waals surface area contributed by atoms with Crippen LogP contribution < -0.4 is 15.6 Å². The van der Waals surface area contributed by atoms with Crippen molar-refractivity contribution < 1.29 is 4.74 Å². The highest BCUT2D eigenvalue weighted by molar-refractivity contribution is 6.13. The van der Waals surface area contributed by atoms with E-state index < -0.39 is 0 Å². The lowest BCUT2D eigenvalue weighted by Crippen LogP contribution is -2.37. The molecule has 6 rings (SSSR count). The second kappa shape index (κ2) is 10.2. The quantitative estimate of drug-likeness (QED) is 0.185. The van der Waals surface area contributed by atoms with Crippen molar-refractivity contribution >= 4 is 51.3 Å². The number of nitrogens with zero attached hydrogens (tertiary/aromatic N) is 5. The topological polar surface area (TPSA) is 87.6 Å². The predicted octanol–water partition coefficient (Wildman–Crippen LogP) is 5.51. The van der Waals surface area contributed by atoms with Crippen molar-refractivity contribution in [3.63, 3.8) is 0 Å². The first kappa shape index (κ1) is 22.9. The third kappa shape index (κ3) is 5.05. The number of hydrazone groups is 1. The fourth-order valence-corrected chi connectivity index (χ4v) is 4.48. The lowest BCUT2D eigenvalue weighted by Gasteiger charge is -2.27. The molecule has 2 heterocycles. The van der Waals surface area contributed by atoms with Gasteiger partial charge >= 0.3 is 0 Å². The molecule has 1 aromatic heterocycles. The molecule has 184 valence electrons. The molecule has 8 heteroatoms. The van der Waals surface area contributed by atoms with E-state index in [-0.39, 0.29) is 0 Å². The van der Waals surface area contributed by atoms with Gasteiger partial charge in [-0.2, -0.15) is 20.1 Å². The third-order valence-electron chi connectivity index (χ3n) is 6.40. The van der Waals surface area contributed by atoms with E-state index in [1.807, 2.05) is 42.6 Å². The Balaban J connectivity index is 1.34. The molecule has 1 aliphatic heterocycles. The fraction of sp³-hybridized carbons (Fsp3) is 0.172. The van der Waals surface area contributed by atoms with Gasteiger partial charge in [0.15, 0.2) is 0 Å². The summed E-state index contributed by atoms with van der Waals surface area (Å²) in [4.78, 5) is 16.0. The van der Waals surface area contributed by atoms with Gasteiger partial charge in [-0.15, -0.1) is 0 Å². The number of aryl methyl sites for hydroxylation is 1. The number of anilines is 4. The van der Waals surface area contributed by atoms with Crippen molar-refractivity contribution in [2.24, 2.45) is 5.10 Å². The summed E-state index contributed by atoms with van der Waals surface area (Å²) in [6.45, 7) is 4.78. The average molecular weight is 490 g/mol. The molecule has 0 spiro atoms. The summed E-state index contributed by atoms with van der Waals surface area (Å²) < 4.78 is 5.51. The summed E-state index contributed by atoms with van der Waals surface area (Å²) in [5, 5.41) is 12.5. The summed E-state index contributed by atoms with van der Waals surface area (Å²) in [5.41, 5.74) is 6.18. The van der Waals surface area contributed by atoms with E-state index in [1.165, 1.54) is 16.3 Å². The van der Waals surface area contributed by atoms with E-state index in [9.17, 15) is 0 Å². The van der Waals surface area contributed by atoms with Gasteiger partial charge in [0.25, 0.3) is 0 Å². The first-order valence-electron chi connectivity index (χ1n) is 12.3. The summed E-state index contributed by atoms with van der Waals surface area (Å²) in [6.07, 6.45) is 1.84. The van der Waals surface area contributed by atoms with Gasteiger partial charge in [-0.1, -0.05) is 66.2 Å². The fourth-order valence-electron chi connectivity index (χ4n) is 4.48. The highest BCUT2D eigenvalue weighted by atomic mass is 16.5. The Labute approximate surface area is 215 Å². The molecule has 8 nitrogen and oxygen atoms in total. The maximum atomic E-state index is 5.51. The number of hydrogen-bond acceptors (Lipinski definition) is 8. The minimum Gasteiger partial charge on any atom is -0.378 e. The van der Waals surface area contributed by atoms with Crippen molar-refractivity contribution in [2.45, 2.75) is 6.92 Å². The number of nitrogens with one attached hydrogen (secondary N) is 2. The monoisotopic (exact) mass is 489 g/mol. The summed E-state index contributed by atoms with van der Waals surface area (Å²) in [6, 6.07) is 27.0. The SMILES string of the molecule is Cc1ccc(Nc2nc(N/N=C\c3c4ccccc4cc4ccccc34)nc(N3CCOCC3)n2)cc1. The molecule has 5 aromatic rings. The van der Waals surface area contributed by atoms with Gasteiger partial charge < -0.3 is 15.0 Å². The van der Waals surface area contributed by atoms with Crippen LogP contribution in [-0.4, -0.2) is 47.5 Å². The minimum absolute atomic E-state index is 0.367. The van der Waals surface area contributed by atoms with Crippen LogP contribution in [0.2, 0.25) is 0 Å². The third-order valence-corrected chi connectivity index (χ3v) is 6.40. The highest BCUT2D eigenvalue weighted by Crippen LogP contribution is 2.27. The molecule has 0 unspecified atom stereocenters. The van der Waals surface area contributed by atoms with Crippen LogP contribution in [0.15, 0.2) is 84.0 Å². The molecular formula is C29H27N7O. The normalized spacial score (nSPS) is 13.9. The number of ether oxygens (including phenoxy) is 1. The molecule has 37 heavy (non-hydrogen) atoms. The summed E-state index contributed by atoms with van der Waals surface area (Å²) >= 11 is 0. The number of rotatable bonds is 6. The molecule has 1 aliphatic rings. The van der Waals surface area contributed by atoms with Crippen LogP contribution in [-0.2, 0) is 4.74 Å². The number of morpholine rings is 1. The lowest BCUT2D eigenvalue weighted by atomic mass is 9.97. The second-order valence-corrected chi connectivity index (χ2v) is 8.98. The summed E-state index contributed by atoms with van der Waals surface area (Å²) in [7, 11) is 0. The van der Waals surface area contributed by atoms with Crippen molar-refractivity contribution in [3.05, 3.63) is 90.0 Å². The molecule has 1 fully saturated rings. The maximum Gasteiger partial charge on any atom is 0.250 e. The van der Waals surface area contributed by atoms with Crippen LogP contribution in [0.1, 0.15) is 11.1 Å². The van der Waals surface area contributed by atoms with Crippen LogP contribution in [0, 0.1) is 6.92 Å². The molecule has 2 N–H and O–H groups in total. The number of benzene rings is 4. The van der Waals surface area contributed by atoms with Gasteiger partial charge in [0.05, 0.1) is 19.4 Å². The number of fused-ring (bicyclic) bond motifs is 2. The Bertz CT molecular complexity index is 1520. The van der Waals surface area contributed by atoms with Gasteiger partial charge in [-0.25, -0.2) is 5.43 Å². The zero-order valence-electron chi connectivity index (χ0n) is 20.6. The second-order valence-electron chi connectivity index (χ2n) is 8.98. The van der Waals surface area contributed by atoms with Crippen molar-refractivity contribution in [2.75, 3.05) is 41.9 Å². The number of aromatic nitrogens is 3. The Morgan fingerprint density at radius 3 is 2.16 bits per heavy atom. The van der Waals surface area contributed by atoms with E-state index in [0.29, 0.717) is 31.1 Å². The van der Waals surface area contributed by atoms with E-state index in [4.69, 9.17) is 4.74 Å². The Kier molecular flexibility index (Phi) is 6.31. The Morgan fingerprint density at radius 2 is 1.46 bits per heavy atom. The van der Waals surface area contributed by atoms with Crippen LogP contribution >= 0.6 is 0 Å². The van der Waals surface area contributed by atoms with Gasteiger partial charge in [0, 0.05) is 24.3 Å². The molecule has 0 aliphatic carbocycles. The van der Waals surface area contributed by atoms with Gasteiger partial charge in [0.1, 0.15) is 0 Å². The van der Waals surface area contributed by atoms with Crippen molar-refractivity contribution in [1.29, 1.82) is 0 Å². The predicted molar refractivity (Wildman–Crippen MR) is 150 cm³/mol. The molecule has 0 atom stereocenters. The minimum atomic E-state index is 0.367. The molecule has 0 bridgehead atoms. The zero-order valence-corrected chi connectivity index (χ0v) is 20.6. The van der Waals surface area contributed by atoms with Gasteiger partial charge in [-0.05, 0) is 46.7 Å². The van der Waals surface area contributed by atoms with Gasteiger partial charge in [-0.3, -0.25) is 0 Å².